The Morgan fingerprint density at radius 1 is 1.33 bits per heavy atom. The number of rotatable bonds is 2. The van der Waals surface area contributed by atoms with E-state index in [1.165, 1.54) is 12.8 Å². The molecule has 0 aliphatic heterocycles. The van der Waals surface area contributed by atoms with Crippen molar-refractivity contribution in [3.63, 3.8) is 0 Å². The van der Waals surface area contributed by atoms with Gasteiger partial charge in [-0.05, 0) is 24.8 Å². The predicted molar refractivity (Wildman–Crippen MR) is 62.0 cm³/mol. The number of hydrogen-bond donors (Lipinski definition) is 2. The van der Waals surface area contributed by atoms with Gasteiger partial charge in [-0.15, -0.1) is 0 Å². The van der Waals surface area contributed by atoms with Crippen LogP contribution in [0, 0.1) is 5.92 Å². The van der Waals surface area contributed by atoms with E-state index in [0.29, 0.717) is 10.9 Å². The van der Waals surface area contributed by atoms with Gasteiger partial charge >= 0.3 is 0 Å². The van der Waals surface area contributed by atoms with Crippen LogP contribution in [0.4, 0.5) is 0 Å². The standard InChI is InChI=1S/C12H16ClNO/c13-10-7-3-6-9(12(10)15)11(14)8-4-1-2-5-8/h3,6-8,11,15H,1-2,4-5,14H2/t11-/m1/s1. The summed E-state index contributed by atoms with van der Waals surface area (Å²) in [5, 5.41) is 10.2. The maximum absolute atomic E-state index is 9.82. The minimum Gasteiger partial charge on any atom is -0.506 e. The molecule has 0 amide bonds. The fraction of sp³-hybridized carbons (Fsp3) is 0.500. The van der Waals surface area contributed by atoms with Crippen molar-refractivity contribution in [1.82, 2.24) is 0 Å². The molecule has 0 unspecified atom stereocenters. The Hall–Kier alpha value is -0.730. The highest BCUT2D eigenvalue weighted by Gasteiger charge is 2.25. The van der Waals surface area contributed by atoms with Gasteiger partial charge in [0.05, 0.1) is 5.02 Å². The summed E-state index contributed by atoms with van der Waals surface area (Å²) >= 11 is 5.86. The first-order valence-electron chi connectivity index (χ1n) is 5.43. The molecule has 0 saturated heterocycles. The van der Waals surface area contributed by atoms with Crippen molar-refractivity contribution in [3.05, 3.63) is 28.8 Å². The summed E-state index contributed by atoms with van der Waals surface area (Å²) in [7, 11) is 0. The lowest BCUT2D eigenvalue weighted by Crippen LogP contribution is -2.19. The maximum Gasteiger partial charge on any atom is 0.138 e. The number of halogens is 1. The van der Waals surface area contributed by atoms with E-state index in [9.17, 15) is 5.11 Å². The van der Waals surface area contributed by atoms with E-state index in [4.69, 9.17) is 17.3 Å². The molecule has 2 rings (SSSR count). The summed E-state index contributed by atoms with van der Waals surface area (Å²) in [5.74, 6) is 0.646. The third-order valence-electron chi connectivity index (χ3n) is 3.28. The molecule has 1 saturated carbocycles. The van der Waals surface area contributed by atoms with Crippen molar-refractivity contribution < 1.29 is 5.11 Å². The molecule has 3 heteroatoms. The highest BCUT2D eigenvalue weighted by atomic mass is 35.5. The van der Waals surface area contributed by atoms with Gasteiger partial charge in [-0.3, -0.25) is 0 Å². The summed E-state index contributed by atoms with van der Waals surface area (Å²) in [6, 6.07) is 5.31. The number of nitrogens with two attached hydrogens (primary N) is 1. The number of hydrogen-bond acceptors (Lipinski definition) is 2. The van der Waals surface area contributed by atoms with E-state index in [-0.39, 0.29) is 11.8 Å². The van der Waals surface area contributed by atoms with Crippen molar-refractivity contribution >= 4 is 11.6 Å². The molecule has 3 N–H and O–H groups in total. The number of benzene rings is 1. The van der Waals surface area contributed by atoms with E-state index in [0.717, 1.165) is 18.4 Å². The molecule has 0 spiro atoms. The van der Waals surface area contributed by atoms with Gasteiger partial charge in [-0.1, -0.05) is 36.6 Å². The Kier molecular flexibility index (Phi) is 3.17. The van der Waals surface area contributed by atoms with Gasteiger partial charge in [0.1, 0.15) is 5.75 Å². The summed E-state index contributed by atoms with van der Waals surface area (Å²) < 4.78 is 0. The van der Waals surface area contributed by atoms with Crippen LogP contribution in [0.2, 0.25) is 5.02 Å². The molecule has 15 heavy (non-hydrogen) atoms. The normalized spacial score (nSPS) is 19.3. The van der Waals surface area contributed by atoms with Crippen molar-refractivity contribution in [2.24, 2.45) is 11.7 Å². The molecule has 0 aromatic heterocycles. The van der Waals surface area contributed by atoms with Crippen molar-refractivity contribution in [3.8, 4) is 5.75 Å². The molecule has 1 aliphatic carbocycles. The Morgan fingerprint density at radius 2 is 2.00 bits per heavy atom. The molecule has 1 aromatic carbocycles. The minimum atomic E-state index is -0.0776. The highest BCUT2D eigenvalue weighted by molar-refractivity contribution is 6.32. The predicted octanol–water partition coefficient (Wildman–Crippen LogP) is 3.24. The van der Waals surface area contributed by atoms with E-state index in [1.807, 2.05) is 12.1 Å². The fourth-order valence-electron chi connectivity index (χ4n) is 2.37. The summed E-state index contributed by atoms with van der Waals surface area (Å²) in [6.45, 7) is 0. The van der Waals surface area contributed by atoms with Gasteiger partial charge in [0.25, 0.3) is 0 Å². The Morgan fingerprint density at radius 3 is 2.67 bits per heavy atom. The van der Waals surface area contributed by atoms with Gasteiger partial charge in [-0.25, -0.2) is 0 Å². The topological polar surface area (TPSA) is 46.2 Å². The molecule has 1 aromatic rings. The van der Waals surface area contributed by atoms with Crippen LogP contribution >= 0.6 is 11.6 Å². The van der Waals surface area contributed by atoms with Gasteiger partial charge in [0, 0.05) is 11.6 Å². The van der Waals surface area contributed by atoms with Crippen molar-refractivity contribution in [1.29, 1.82) is 0 Å². The number of phenolic OH excluding ortho intramolecular Hbond substituents is 1. The third kappa shape index (κ3) is 2.11. The zero-order valence-electron chi connectivity index (χ0n) is 8.62. The second kappa shape index (κ2) is 4.42. The van der Waals surface area contributed by atoms with Crippen LogP contribution in [0.3, 0.4) is 0 Å². The zero-order chi connectivity index (χ0) is 10.8. The third-order valence-corrected chi connectivity index (χ3v) is 3.59. The van der Waals surface area contributed by atoms with Crippen LogP contribution in [0.15, 0.2) is 18.2 Å². The lowest BCUT2D eigenvalue weighted by molar-refractivity contribution is 0.412. The summed E-state index contributed by atoms with van der Waals surface area (Å²) in [5.41, 5.74) is 6.94. The Balaban J connectivity index is 2.24. The van der Waals surface area contributed by atoms with E-state index >= 15 is 0 Å². The molecule has 1 fully saturated rings. The number of para-hydroxylation sites is 1. The first-order chi connectivity index (χ1) is 7.20. The van der Waals surface area contributed by atoms with Gasteiger partial charge in [-0.2, -0.15) is 0 Å². The fourth-order valence-corrected chi connectivity index (χ4v) is 2.55. The van der Waals surface area contributed by atoms with Crippen LogP contribution in [0.5, 0.6) is 5.75 Å². The first-order valence-corrected chi connectivity index (χ1v) is 5.81. The van der Waals surface area contributed by atoms with Crippen LogP contribution in [-0.4, -0.2) is 5.11 Å². The zero-order valence-corrected chi connectivity index (χ0v) is 9.37. The molecule has 1 aliphatic rings. The number of phenols is 1. The molecule has 0 heterocycles. The molecule has 1 atom stereocenters. The van der Waals surface area contributed by atoms with Gasteiger partial charge < -0.3 is 10.8 Å². The molecule has 0 bridgehead atoms. The van der Waals surface area contributed by atoms with Crippen LogP contribution in [-0.2, 0) is 0 Å². The summed E-state index contributed by atoms with van der Waals surface area (Å²) in [6.07, 6.45) is 4.82. The Labute approximate surface area is 95.1 Å². The van der Waals surface area contributed by atoms with E-state index in [2.05, 4.69) is 0 Å². The van der Waals surface area contributed by atoms with Gasteiger partial charge in [0.15, 0.2) is 0 Å². The smallest absolute Gasteiger partial charge is 0.138 e. The largest absolute Gasteiger partial charge is 0.506 e. The highest BCUT2D eigenvalue weighted by Crippen LogP contribution is 2.39. The maximum atomic E-state index is 9.82. The molecule has 2 nitrogen and oxygen atoms in total. The SMILES string of the molecule is N[C@@H](c1cccc(Cl)c1O)C1CCCC1. The first kappa shape index (κ1) is 10.8. The van der Waals surface area contributed by atoms with Gasteiger partial charge in [0.2, 0.25) is 0 Å². The van der Waals surface area contributed by atoms with Crippen LogP contribution in [0.25, 0.3) is 0 Å². The van der Waals surface area contributed by atoms with E-state index < -0.39 is 0 Å². The van der Waals surface area contributed by atoms with Crippen LogP contribution < -0.4 is 5.73 Å². The second-order valence-corrected chi connectivity index (χ2v) is 4.66. The Bertz CT molecular complexity index is 347. The average Bonchev–Trinajstić information content (AvgIpc) is 2.74. The van der Waals surface area contributed by atoms with E-state index in [1.54, 1.807) is 6.07 Å². The average molecular weight is 226 g/mol. The molecular weight excluding hydrogens is 210 g/mol. The second-order valence-electron chi connectivity index (χ2n) is 4.25. The summed E-state index contributed by atoms with van der Waals surface area (Å²) in [4.78, 5) is 0. The monoisotopic (exact) mass is 225 g/mol. The number of aromatic hydroxyl groups is 1. The molecular formula is C12H16ClNO. The van der Waals surface area contributed by atoms with Crippen molar-refractivity contribution in [2.75, 3.05) is 0 Å². The lowest BCUT2D eigenvalue weighted by atomic mass is 9.92. The van der Waals surface area contributed by atoms with Crippen molar-refractivity contribution in [2.45, 2.75) is 31.7 Å². The minimum absolute atomic E-state index is 0.0776. The quantitative estimate of drug-likeness (QED) is 0.812. The molecule has 0 radical (unpaired) electrons. The lowest BCUT2D eigenvalue weighted by Gasteiger charge is -2.20. The van der Waals surface area contributed by atoms with Crippen LogP contribution in [0.1, 0.15) is 37.3 Å². The molecule has 82 valence electrons.